The SMILES string of the molecule is CCCNC(C(N)=O)c1cc(C)c(C)cc1C. The Morgan fingerprint density at radius 1 is 1.24 bits per heavy atom. The van der Waals surface area contributed by atoms with E-state index in [9.17, 15) is 4.79 Å². The Hall–Kier alpha value is -1.35. The minimum Gasteiger partial charge on any atom is -0.368 e. The van der Waals surface area contributed by atoms with Gasteiger partial charge in [0.2, 0.25) is 5.91 Å². The van der Waals surface area contributed by atoms with Crippen LogP contribution >= 0.6 is 0 Å². The lowest BCUT2D eigenvalue weighted by atomic mass is 9.95. The van der Waals surface area contributed by atoms with Crippen molar-refractivity contribution in [2.45, 2.75) is 40.2 Å². The maximum atomic E-state index is 11.5. The summed E-state index contributed by atoms with van der Waals surface area (Å²) in [6.07, 6.45) is 0.980. The normalized spacial score (nSPS) is 12.5. The monoisotopic (exact) mass is 234 g/mol. The summed E-state index contributed by atoms with van der Waals surface area (Å²) in [6, 6.07) is 3.78. The Morgan fingerprint density at radius 3 is 2.35 bits per heavy atom. The van der Waals surface area contributed by atoms with Crippen LogP contribution in [0.5, 0.6) is 0 Å². The first-order valence-corrected chi connectivity index (χ1v) is 6.07. The quantitative estimate of drug-likeness (QED) is 0.820. The van der Waals surface area contributed by atoms with Crippen molar-refractivity contribution >= 4 is 5.91 Å². The van der Waals surface area contributed by atoms with E-state index >= 15 is 0 Å². The minimum atomic E-state index is -0.380. The van der Waals surface area contributed by atoms with E-state index in [1.165, 1.54) is 11.1 Å². The molecular weight excluding hydrogens is 212 g/mol. The Labute approximate surface area is 103 Å². The first-order valence-electron chi connectivity index (χ1n) is 6.07. The molecule has 17 heavy (non-hydrogen) atoms. The topological polar surface area (TPSA) is 55.1 Å². The van der Waals surface area contributed by atoms with Gasteiger partial charge in [0.25, 0.3) is 0 Å². The van der Waals surface area contributed by atoms with Crippen LogP contribution in [0.2, 0.25) is 0 Å². The second-order valence-corrected chi connectivity index (χ2v) is 4.58. The lowest BCUT2D eigenvalue weighted by Gasteiger charge is -2.19. The molecule has 0 aliphatic heterocycles. The number of amides is 1. The Balaban J connectivity index is 3.09. The number of carbonyl (C=O) groups excluding carboxylic acids is 1. The van der Waals surface area contributed by atoms with E-state index < -0.39 is 0 Å². The molecule has 0 heterocycles. The van der Waals surface area contributed by atoms with E-state index in [0.29, 0.717) is 0 Å². The van der Waals surface area contributed by atoms with Crippen molar-refractivity contribution in [1.82, 2.24) is 5.32 Å². The lowest BCUT2D eigenvalue weighted by molar-refractivity contribution is -0.120. The number of aryl methyl sites for hydroxylation is 3. The number of hydrogen-bond acceptors (Lipinski definition) is 2. The molecule has 94 valence electrons. The third-order valence-electron chi connectivity index (χ3n) is 3.08. The zero-order chi connectivity index (χ0) is 13.0. The molecule has 0 aliphatic carbocycles. The molecule has 0 aromatic heterocycles. The molecule has 3 nitrogen and oxygen atoms in total. The molecule has 1 atom stereocenters. The van der Waals surface area contributed by atoms with Gasteiger partial charge in [0.05, 0.1) is 0 Å². The maximum Gasteiger partial charge on any atom is 0.239 e. The number of benzene rings is 1. The summed E-state index contributed by atoms with van der Waals surface area (Å²) >= 11 is 0. The van der Waals surface area contributed by atoms with Crippen molar-refractivity contribution in [1.29, 1.82) is 0 Å². The zero-order valence-electron chi connectivity index (χ0n) is 11.1. The summed E-state index contributed by atoms with van der Waals surface area (Å²) in [5.74, 6) is -0.315. The third-order valence-corrected chi connectivity index (χ3v) is 3.08. The van der Waals surface area contributed by atoms with Gasteiger partial charge in [-0.05, 0) is 56.0 Å². The zero-order valence-corrected chi connectivity index (χ0v) is 11.1. The lowest BCUT2D eigenvalue weighted by Crippen LogP contribution is -2.34. The van der Waals surface area contributed by atoms with Crippen LogP contribution in [0.3, 0.4) is 0 Å². The molecule has 0 saturated heterocycles. The molecule has 0 aliphatic rings. The second kappa shape index (κ2) is 5.82. The number of carbonyl (C=O) groups is 1. The average molecular weight is 234 g/mol. The van der Waals surface area contributed by atoms with Gasteiger partial charge in [0, 0.05) is 0 Å². The van der Waals surface area contributed by atoms with Gasteiger partial charge in [-0.25, -0.2) is 0 Å². The minimum absolute atomic E-state index is 0.315. The summed E-state index contributed by atoms with van der Waals surface area (Å²) in [4.78, 5) is 11.5. The first-order chi connectivity index (χ1) is 7.97. The van der Waals surface area contributed by atoms with Gasteiger partial charge in [0.15, 0.2) is 0 Å². The predicted molar refractivity (Wildman–Crippen MR) is 70.9 cm³/mol. The van der Waals surface area contributed by atoms with E-state index in [2.05, 4.69) is 38.2 Å². The summed E-state index contributed by atoms with van der Waals surface area (Å²) in [6.45, 7) is 9.00. The molecule has 1 rings (SSSR count). The smallest absolute Gasteiger partial charge is 0.239 e. The predicted octanol–water partition coefficient (Wildman–Crippen LogP) is 2.14. The number of hydrogen-bond donors (Lipinski definition) is 2. The molecule has 0 fully saturated rings. The van der Waals surface area contributed by atoms with Gasteiger partial charge in [-0.1, -0.05) is 19.1 Å². The summed E-state index contributed by atoms with van der Waals surface area (Å²) in [5, 5.41) is 3.20. The molecule has 3 N–H and O–H groups in total. The Kier molecular flexibility index (Phi) is 4.70. The van der Waals surface area contributed by atoms with Gasteiger partial charge in [0.1, 0.15) is 6.04 Å². The number of primary amides is 1. The van der Waals surface area contributed by atoms with Crippen molar-refractivity contribution in [3.8, 4) is 0 Å². The fraction of sp³-hybridized carbons (Fsp3) is 0.500. The summed E-state index contributed by atoms with van der Waals surface area (Å²) in [7, 11) is 0. The van der Waals surface area contributed by atoms with Crippen LogP contribution in [-0.4, -0.2) is 12.5 Å². The van der Waals surface area contributed by atoms with Gasteiger partial charge in [-0.15, -0.1) is 0 Å². The second-order valence-electron chi connectivity index (χ2n) is 4.58. The molecule has 0 saturated carbocycles. The van der Waals surface area contributed by atoms with Crippen LogP contribution < -0.4 is 11.1 Å². The summed E-state index contributed by atoms with van der Waals surface area (Å²) < 4.78 is 0. The number of rotatable bonds is 5. The molecule has 0 spiro atoms. The standard InChI is InChI=1S/C14H22N2O/c1-5-6-16-13(14(15)17)12-8-10(3)9(2)7-11(12)4/h7-8,13,16H,5-6H2,1-4H3,(H2,15,17). The van der Waals surface area contributed by atoms with Crippen LogP contribution in [0, 0.1) is 20.8 Å². The third kappa shape index (κ3) is 3.30. The van der Waals surface area contributed by atoms with E-state index in [0.717, 1.165) is 24.1 Å². The molecule has 1 unspecified atom stereocenters. The average Bonchev–Trinajstić information content (AvgIpc) is 2.25. The molecular formula is C14H22N2O. The number of nitrogens with two attached hydrogens (primary N) is 1. The van der Waals surface area contributed by atoms with Crippen molar-refractivity contribution in [3.05, 3.63) is 34.4 Å². The molecule has 1 aromatic rings. The van der Waals surface area contributed by atoms with Crippen LogP contribution in [-0.2, 0) is 4.79 Å². The Bertz CT molecular complexity index is 413. The van der Waals surface area contributed by atoms with Crippen molar-refractivity contribution in [2.24, 2.45) is 5.73 Å². The van der Waals surface area contributed by atoms with Crippen molar-refractivity contribution in [3.63, 3.8) is 0 Å². The molecule has 3 heteroatoms. The summed E-state index contributed by atoms with van der Waals surface area (Å²) in [5.41, 5.74) is 10.0. The van der Waals surface area contributed by atoms with Crippen LogP contribution in [0.15, 0.2) is 12.1 Å². The Morgan fingerprint density at radius 2 is 1.82 bits per heavy atom. The van der Waals surface area contributed by atoms with Gasteiger partial charge >= 0.3 is 0 Å². The highest BCUT2D eigenvalue weighted by Gasteiger charge is 2.19. The van der Waals surface area contributed by atoms with E-state index in [-0.39, 0.29) is 11.9 Å². The molecule has 0 radical (unpaired) electrons. The van der Waals surface area contributed by atoms with E-state index in [1.54, 1.807) is 0 Å². The first kappa shape index (κ1) is 13.7. The highest BCUT2D eigenvalue weighted by molar-refractivity contribution is 5.82. The van der Waals surface area contributed by atoms with Gasteiger partial charge < -0.3 is 11.1 Å². The largest absolute Gasteiger partial charge is 0.368 e. The molecule has 1 amide bonds. The van der Waals surface area contributed by atoms with Crippen molar-refractivity contribution in [2.75, 3.05) is 6.54 Å². The van der Waals surface area contributed by atoms with Crippen LogP contribution in [0.1, 0.15) is 41.6 Å². The highest BCUT2D eigenvalue weighted by atomic mass is 16.1. The molecule has 1 aromatic carbocycles. The van der Waals surface area contributed by atoms with E-state index in [1.807, 2.05) is 6.92 Å². The van der Waals surface area contributed by atoms with Crippen molar-refractivity contribution < 1.29 is 4.79 Å². The van der Waals surface area contributed by atoms with Gasteiger partial charge in [-0.3, -0.25) is 4.79 Å². The van der Waals surface area contributed by atoms with Crippen LogP contribution in [0.25, 0.3) is 0 Å². The fourth-order valence-electron chi connectivity index (χ4n) is 1.95. The van der Waals surface area contributed by atoms with Gasteiger partial charge in [-0.2, -0.15) is 0 Å². The maximum absolute atomic E-state index is 11.5. The van der Waals surface area contributed by atoms with E-state index in [4.69, 9.17) is 5.73 Å². The molecule has 0 bridgehead atoms. The van der Waals surface area contributed by atoms with Crippen LogP contribution in [0.4, 0.5) is 0 Å². The highest BCUT2D eigenvalue weighted by Crippen LogP contribution is 2.21. The fourth-order valence-corrected chi connectivity index (χ4v) is 1.95. The number of nitrogens with one attached hydrogen (secondary N) is 1.